The van der Waals surface area contributed by atoms with Crippen LogP contribution in [0.5, 0.6) is 0 Å². The standard InChI is InChI=1S/C16H20N4O2/c21-15(11-14-5-2-1-3-6-14)19-12-16(22)18-7-4-9-20-10-8-17-13-20/h1-3,5-6,8,10,13H,4,7,9,11-12H2,(H,18,22)(H,19,21). The summed E-state index contributed by atoms with van der Waals surface area (Å²) >= 11 is 0. The van der Waals surface area contributed by atoms with Crippen LogP contribution in [0, 0.1) is 0 Å². The molecule has 116 valence electrons. The molecule has 2 rings (SSSR count). The van der Waals surface area contributed by atoms with E-state index in [-0.39, 0.29) is 24.8 Å². The average molecular weight is 300 g/mol. The molecule has 0 spiro atoms. The van der Waals surface area contributed by atoms with Crippen molar-refractivity contribution in [1.82, 2.24) is 20.2 Å². The monoisotopic (exact) mass is 300 g/mol. The average Bonchev–Trinajstić information content (AvgIpc) is 3.04. The van der Waals surface area contributed by atoms with E-state index in [1.807, 2.05) is 41.1 Å². The van der Waals surface area contributed by atoms with Gasteiger partial charge < -0.3 is 15.2 Å². The SMILES string of the molecule is O=C(CNC(=O)Cc1ccccc1)NCCCn1ccnc1. The summed E-state index contributed by atoms with van der Waals surface area (Å²) in [5.41, 5.74) is 0.931. The van der Waals surface area contributed by atoms with E-state index >= 15 is 0 Å². The molecule has 0 saturated carbocycles. The van der Waals surface area contributed by atoms with Crippen LogP contribution in [-0.2, 0) is 22.6 Å². The van der Waals surface area contributed by atoms with Gasteiger partial charge in [0.15, 0.2) is 0 Å². The normalized spacial score (nSPS) is 10.2. The number of nitrogens with zero attached hydrogens (tertiary/aromatic N) is 2. The second-order valence-electron chi connectivity index (χ2n) is 4.94. The van der Waals surface area contributed by atoms with Crippen LogP contribution in [-0.4, -0.2) is 34.5 Å². The molecule has 0 aliphatic heterocycles. The van der Waals surface area contributed by atoms with Crippen molar-refractivity contribution in [2.24, 2.45) is 0 Å². The number of aryl methyl sites for hydroxylation is 1. The zero-order valence-corrected chi connectivity index (χ0v) is 12.4. The van der Waals surface area contributed by atoms with Crippen molar-refractivity contribution < 1.29 is 9.59 Å². The van der Waals surface area contributed by atoms with Crippen LogP contribution in [0.4, 0.5) is 0 Å². The van der Waals surface area contributed by atoms with E-state index in [0.29, 0.717) is 6.54 Å². The molecule has 0 fully saturated rings. The minimum Gasteiger partial charge on any atom is -0.355 e. The summed E-state index contributed by atoms with van der Waals surface area (Å²) in [6.45, 7) is 1.39. The molecule has 2 N–H and O–H groups in total. The highest BCUT2D eigenvalue weighted by Crippen LogP contribution is 1.98. The fourth-order valence-corrected chi connectivity index (χ4v) is 1.99. The van der Waals surface area contributed by atoms with Crippen LogP contribution in [0.2, 0.25) is 0 Å². The van der Waals surface area contributed by atoms with Crippen molar-refractivity contribution in [2.45, 2.75) is 19.4 Å². The largest absolute Gasteiger partial charge is 0.355 e. The number of amides is 2. The molecule has 0 saturated heterocycles. The zero-order chi connectivity index (χ0) is 15.6. The number of rotatable bonds is 8. The third-order valence-corrected chi connectivity index (χ3v) is 3.13. The lowest BCUT2D eigenvalue weighted by Crippen LogP contribution is -2.38. The number of imidazole rings is 1. The van der Waals surface area contributed by atoms with Crippen LogP contribution in [0.1, 0.15) is 12.0 Å². The molecule has 22 heavy (non-hydrogen) atoms. The van der Waals surface area contributed by atoms with Gasteiger partial charge in [0.1, 0.15) is 0 Å². The van der Waals surface area contributed by atoms with Crippen LogP contribution in [0.3, 0.4) is 0 Å². The van der Waals surface area contributed by atoms with Gasteiger partial charge in [-0.25, -0.2) is 4.98 Å². The summed E-state index contributed by atoms with van der Waals surface area (Å²) in [5.74, 6) is -0.327. The van der Waals surface area contributed by atoms with E-state index in [9.17, 15) is 9.59 Å². The molecule has 6 heteroatoms. The van der Waals surface area contributed by atoms with Crippen LogP contribution >= 0.6 is 0 Å². The summed E-state index contributed by atoms with van der Waals surface area (Å²) in [4.78, 5) is 27.3. The molecular weight excluding hydrogens is 280 g/mol. The van der Waals surface area contributed by atoms with Crippen LogP contribution in [0.15, 0.2) is 49.1 Å². The predicted octanol–water partition coefficient (Wildman–Crippen LogP) is 0.748. The Kier molecular flexibility index (Phi) is 6.17. The fraction of sp³-hybridized carbons (Fsp3) is 0.312. The Morgan fingerprint density at radius 1 is 1.09 bits per heavy atom. The minimum absolute atomic E-state index is 0.0107. The first-order valence-corrected chi connectivity index (χ1v) is 7.27. The van der Waals surface area contributed by atoms with E-state index in [2.05, 4.69) is 15.6 Å². The number of hydrogen-bond acceptors (Lipinski definition) is 3. The van der Waals surface area contributed by atoms with Crippen molar-refractivity contribution in [3.05, 3.63) is 54.6 Å². The number of benzene rings is 1. The van der Waals surface area contributed by atoms with Crippen molar-refractivity contribution in [3.8, 4) is 0 Å². The van der Waals surface area contributed by atoms with Crippen LogP contribution in [0.25, 0.3) is 0 Å². The van der Waals surface area contributed by atoms with Gasteiger partial charge in [-0.15, -0.1) is 0 Å². The van der Waals surface area contributed by atoms with E-state index in [0.717, 1.165) is 18.5 Å². The Morgan fingerprint density at radius 2 is 1.91 bits per heavy atom. The molecule has 2 amide bonds. The molecule has 1 aromatic carbocycles. The van der Waals surface area contributed by atoms with Gasteiger partial charge >= 0.3 is 0 Å². The van der Waals surface area contributed by atoms with Gasteiger partial charge in [-0.2, -0.15) is 0 Å². The summed E-state index contributed by atoms with van der Waals surface area (Å²) in [7, 11) is 0. The molecule has 0 aliphatic carbocycles. The Hall–Kier alpha value is -2.63. The molecule has 1 heterocycles. The number of aromatic nitrogens is 2. The second-order valence-corrected chi connectivity index (χ2v) is 4.94. The van der Waals surface area contributed by atoms with Gasteiger partial charge in [0.25, 0.3) is 0 Å². The first-order chi connectivity index (χ1) is 10.7. The van der Waals surface area contributed by atoms with Gasteiger partial charge in [0, 0.05) is 25.5 Å². The third kappa shape index (κ3) is 5.78. The molecule has 0 atom stereocenters. The van der Waals surface area contributed by atoms with Gasteiger partial charge in [0.2, 0.25) is 11.8 Å². The smallest absolute Gasteiger partial charge is 0.239 e. The van der Waals surface area contributed by atoms with Crippen LogP contribution < -0.4 is 10.6 Å². The second kappa shape index (κ2) is 8.61. The lowest BCUT2D eigenvalue weighted by molar-refractivity contribution is -0.125. The number of carbonyl (C=O) groups excluding carboxylic acids is 2. The topological polar surface area (TPSA) is 76.0 Å². The van der Waals surface area contributed by atoms with Crippen molar-refractivity contribution in [2.75, 3.05) is 13.1 Å². The van der Waals surface area contributed by atoms with Crippen molar-refractivity contribution in [1.29, 1.82) is 0 Å². The highest BCUT2D eigenvalue weighted by Gasteiger charge is 2.05. The van der Waals surface area contributed by atoms with E-state index < -0.39 is 0 Å². The molecule has 0 radical (unpaired) electrons. The van der Waals surface area contributed by atoms with Crippen molar-refractivity contribution in [3.63, 3.8) is 0 Å². The summed E-state index contributed by atoms with van der Waals surface area (Å²) in [6.07, 6.45) is 6.45. The Morgan fingerprint density at radius 3 is 2.64 bits per heavy atom. The van der Waals surface area contributed by atoms with Gasteiger partial charge in [-0.1, -0.05) is 30.3 Å². The first-order valence-electron chi connectivity index (χ1n) is 7.27. The van der Waals surface area contributed by atoms with E-state index in [1.54, 1.807) is 12.5 Å². The number of hydrogen-bond donors (Lipinski definition) is 2. The maximum absolute atomic E-state index is 11.7. The molecular formula is C16H20N4O2. The predicted molar refractivity (Wildman–Crippen MR) is 83.0 cm³/mol. The van der Waals surface area contributed by atoms with Crippen molar-refractivity contribution >= 4 is 11.8 Å². The number of carbonyl (C=O) groups is 2. The number of nitrogens with one attached hydrogen (secondary N) is 2. The minimum atomic E-state index is -0.174. The Balaban J connectivity index is 1.56. The zero-order valence-electron chi connectivity index (χ0n) is 12.4. The summed E-state index contributed by atoms with van der Waals surface area (Å²) in [5, 5.41) is 5.40. The maximum atomic E-state index is 11.7. The lowest BCUT2D eigenvalue weighted by atomic mass is 10.1. The summed E-state index contributed by atoms with van der Waals surface area (Å²) in [6, 6.07) is 9.44. The lowest BCUT2D eigenvalue weighted by Gasteiger charge is -2.07. The Labute approximate surface area is 129 Å². The molecule has 1 aromatic heterocycles. The highest BCUT2D eigenvalue weighted by molar-refractivity contribution is 5.85. The molecule has 0 bridgehead atoms. The van der Waals surface area contributed by atoms with Gasteiger partial charge in [0.05, 0.1) is 19.3 Å². The quantitative estimate of drug-likeness (QED) is 0.706. The van der Waals surface area contributed by atoms with E-state index in [1.165, 1.54) is 0 Å². The first kappa shape index (κ1) is 15.8. The molecule has 6 nitrogen and oxygen atoms in total. The molecule has 2 aromatic rings. The van der Waals surface area contributed by atoms with E-state index in [4.69, 9.17) is 0 Å². The fourth-order valence-electron chi connectivity index (χ4n) is 1.99. The van der Waals surface area contributed by atoms with Gasteiger partial charge in [-0.05, 0) is 12.0 Å². The molecule has 0 aliphatic rings. The highest BCUT2D eigenvalue weighted by atomic mass is 16.2. The summed E-state index contributed by atoms with van der Waals surface area (Å²) < 4.78 is 1.95. The maximum Gasteiger partial charge on any atom is 0.239 e. The third-order valence-electron chi connectivity index (χ3n) is 3.13. The van der Waals surface area contributed by atoms with Gasteiger partial charge in [-0.3, -0.25) is 9.59 Å². The molecule has 0 unspecified atom stereocenters. The Bertz CT molecular complexity index is 581.